The lowest BCUT2D eigenvalue weighted by atomic mass is 9.95. The first-order chi connectivity index (χ1) is 13.4. The largest absolute Gasteiger partial charge is 0.471 e. The van der Waals surface area contributed by atoms with Crippen molar-refractivity contribution in [3.63, 3.8) is 0 Å². The maximum absolute atomic E-state index is 13.3. The van der Waals surface area contributed by atoms with Crippen molar-refractivity contribution in [2.24, 2.45) is 0 Å². The first kappa shape index (κ1) is 20.0. The second kappa shape index (κ2) is 8.53. The van der Waals surface area contributed by atoms with Gasteiger partial charge in [0.1, 0.15) is 11.5 Å². The summed E-state index contributed by atoms with van der Waals surface area (Å²) in [6.07, 6.45) is 1.83. The maximum Gasteiger partial charge on any atom is 0.471 e. The van der Waals surface area contributed by atoms with Gasteiger partial charge in [-0.1, -0.05) is 19.3 Å². The van der Waals surface area contributed by atoms with Gasteiger partial charge < -0.3 is 19.1 Å². The third-order valence-electron chi connectivity index (χ3n) is 4.73. The Balaban J connectivity index is 1.91. The molecule has 0 spiro atoms. The molecule has 0 radical (unpaired) electrons. The molecule has 1 fully saturated rings. The minimum atomic E-state index is -5.15. The fourth-order valence-corrected chi connectivity index (χ4v) is 3.41. The van der Waals surface area contributed by atoms with Gasteiger partial charge in [-0.15, -0.1) is 0 Å². The predicted octanol–water partition coefficient (Wildman–Crippen LogP) is 3.95. The molecule has 1 atom stereocenters. The molecule has 1 aliphatic carbocycles. The molecule has 9 heteroatoms. The van der Waals surface area contributed by atoms with E-state index in [1.165, 1.54) is 36.8 Å². The van der Waals surface area contributed by atoms with Gasteiger partial charge in [0.15, 0.2) is 6.04 Å². The zero-order chi connectivity index (χ0) is 20.1. The molecule has 152 valence electrons. The number of furan rings is 2. The Kier molecular flexibility index (Phi) is 6.11. The van der Waals surface area contributed by atoms with Crippen molar-refractivity contribution in [2.45, 2.75) is 56.9 Å². The van der Waals surface area contributed by atoms with Crippen LogP contribution in [0.5, 0.6) is 0 Å². The number of amides is 2. The molecule has 6 nitrogen and oxygen atoms in total. The Hall–Kier alpha value is -2.71. The summed E-state index contributed by atoms with van der Waals surface area (Å²) in [5, 5.41) is 2.78. The summed E-state index contributed by atoms with van der Waals surface area (Å²) in [6, 6.07) is 4.08. The van der Waals surface area contributed by atoms with Crippen molar-refractivity contribution < 1.29 is 31.6 Å². The number of hydrogen-bond acceptors (Lipinski definition) is 4. The zero-order valence-corrected chi connectivity index (χ0v) is 15.1. The van der Waals surface area contributed by atoms with Crippen LogP contribution in [0.15, 0.2) is 45.6 Å². The third kappa shape index (κ3) is 4.76. The third-order valence-corrected chi connectivity index (χ3v) is 4.73. The lowest BCUT2D eigenvalue weighted by Gasteiger charge is -2.31. The van der Waals surface area contributed by atoms with Gasteiger partial charge in [-0.3, -0.25) is 9.59 Å². The highest BCUT2D eigenvalue weighted by Crippen LogP contribution is 2.30. The second-order valence-electron chi connectivity index (χ2n) is 6.77. The van der Waals surface area contributed by atoms with Gasteiger partial charge in [-0.05, 0) is 37.1 Å². The van der Waals surface area contributed by atoms with Crippen LogP contribution in [0.4, 0.5) is 13.2 Å². The van der Waals surface area contributed by atoms with E-state index >= 15 is 0 Å². The minimum absolute atomic E-state index is 0.0440. The van der Waals surface area contributed by atoms with Crippen LogP contribution in [0.3, 0.4) is 0 Å². The molecule has 2 aromatic heterocycles. The zero-order valence-electron chi connectivity index (χ0n) is 15.1. The molecule has 0 aliphatic heterocycles. The molecule has 3 rings (SSSR count). The van der Waals surface area contributed by atoms with Crippen LogP contribution in [0, 0.1) is 0 Å². The van der Waals surface area contributed by atoms with E-state index in [1.54, 1.807) is 0 Å². The van der Waals surface area contributed by atoms with E-state index in [4.69, 9.17) is 8.83 Å². The highest BCUT2D eigenvalue weighted by molar-refractivity contribution is 5.90. The summed E-state index contributed by atoms with van der Waals surface area (Å²) in [5.74, 6) is -2.76. The SMILES string of the molecule is O=C(NC1CCCCC1)[C@@H](c1ccco1)N(Cc1ccco1)C(=O)C(F)(F)F. The quantitative estimate of drug-likeness (QED) is 0.799. The first-order valence-corrected chi connectivity index (χ1v) is 9.10. The Bertz CT molecular complexity index is 766. The molecular formula is C19H21F3N2O4. The highest BCUT2D eigenvalue weighted by atomic mass is 19.4. The van der Waals surface area contributed by atoms with Crippen LogP contribution in [-0.4, -0.2) is 28.9 Å². The molecule has 28 heavy (non-hydrogen) atoms. The van der Waals surface area contributed by atoms with Crippen molar-refractivity contribution in [1.29, 1.82) is 0 Å². The number of nitrogens with zero attached hydrogens (tertiary/aromatic N) is 1. The van der Waals surface area contributed by atoms with E-state index in [2.05, 4.69) is 5.32 Å². The summed E-state index contributed by atoms with van der Waals surface area (Å²) < 4.78 is 50.1. The topological polar surface area (TPSA) is 75.7 Å². The Morgan fingerprint density at radius 1 is 1.11 bits per heavy atom. The lowest BCUT2D eigenvalue weighted by molar-refractivity contribution is -0.190. The van der Waals surface area contributed by atoms with Crippen LogP contribution in [0.1, 0.15) is 49.7 Å². The standard InChI is InChI=1S/C19H21F3N2O4/c20-19(21,22)18(26)24(12-14-8-4-10-27-14)16(15-9-5-11-28-15)17(25)23-13-6-2-1-3-7-13/h4-5,8-11,13,16H,1-3,6-7,12H2,(H,23,25)/t16-/m1/s1. The number of nitrogens with one attached hydrogen (secondary N) is 1. The lowest BCUT2D eigenvalue weighted by Crippen LogP contribution is -2.50. The van der Waals surface area contributed by atoms with E-state index in [-0.39, 0.29) is 17.6 Å². The number of alkyl halides is 3. The Labute approximate surface area is 159 Å². The van der Waals surface area contributed by atoms with E-state index in [0.717, 1.165) is 32.1 Å². The number of carbonyl (C=O) groups is 2. The van der Waals surface area contributed by atoms with Crippen LogP contribution >= 0.6 is 0 Å². The number of rotatable bonds is 6. The van der Waals surface area contributed by atoms with E-state index in [1.807, 2.05) is 0 Å². The van der Waals surface area contributed by atoms with Gasteiger partial charge in [0.25, 0.3) is 5.91 Å². The van der Waals surface area contributed by atoms with Gasteiger partial charge in [0.05, 0.1) is 19.1 Å². The van der Waals surface area contributed by atoms with Crippen molar-refractivity contribution in [3.8, 4) is 0 Å². The number of hydrogen-bond donors (Lipinski definition) is 1. The van der Waals surface area contributed by atoms with Crippen LogP contribution < -0.4 is 5.32 Å². The monoisotopic (exact) mass is 398 g/mol. The Morgan fingerprint density at radius 3 is 2.36 bits per heavy atom. The smallest absolute Gasteiger partial charge is 0.467 e. The van der Waals surface area contributed by atoms with Gasteiger partial charge in [0.2, 0.25) is 0 Å². The van der Waals surface area contributed by atoms with Gasteiger partial charge >= 0.3 is 12.1 Å². The van der Waals surface area contributed by atoms with Crippen LogP contribution in [0.25, 0.3) is 0 Å². The normalized spacial score (nSPS) is 16.5. The molecule has 1 saturated carbocycles. The van der Waals surface area contributed by atoms with Crippen LogP contribution in [-0.2, 0) is 16.1 Å². The van der Waals surface area contributed by atoms with Crippen molar-refractivity contribution in [1.82, 2.24) is 10.2 Å². The number of carbonyl (C=O) groups excluding carboxylic acids is 2. The number of halogens is 3. The molecule has 2 aromatic rings. The molecule has 0 aromatic carbocycles. The fourth-order valence-electron chi connectivity index (χ4n) is 3.41. The van der Waals surface area contributed by atoms with Crippen LogP contribution in [0.2, 0.25) is 0 Å². The summed E-state index contributed by atoms with van der Waals surface area (Å²) in [6.45, 7) is -0.519. The summed E-state index contributed by atoms with van der Waals surface area (Å²) in [7, 11) is 0. The highest BCUT2D eigenvalue weighted by Gasteiger charge is 2.47. The first-order valence-electron chi connectivity index (χ1n) is 9.10. The van der Waals surface area contributed by atoms with Crippen molar-refractivity contribution in [2.75, 3.05) is 0 Å². The molecule has 2 amide bonds. The fraction of sp³-hybridized carbons (Fsp3) is 0.474. The van der Waals surface area contributed by atoms with E-state index in [0.29, 0.717) is 4.90 Å². The summed E-state index contributed by atoms with van der Waals surface area (Å²) in [4.78, 5) is 25.6. The van der Waals surface area contributed by atoms with Crippen molar-refractivity contribution in [3.05, 3.63) is 48.3 Å². The minimum Gasteiger partial charge on any atom is -0.467 e. The predicted molar refractivity (Wildman–Crippen MR) is 91.8 cm³/mol. The molecule has 2 heterocycles. The van der Waals surface area contributed by atoms with E-state index < -0.39 is 30.6 Å². The molecule has 0 unspecified atom stereocenters. The average Bonchev–Trinajstić information content (AvgIpc) is 3.35. The molecule has 1 N–H and O–H groups in total. The molecular weight excluding hydrogens is 377 g/mol. The second-order valence-corrected chi connectivity index (χ2v) is 6.77. The van der Waals surface area contributed by atoms with Crippen molar-refractivity contribution >= 4 is 11.8 Å². The molecule has 0 bridgehead atoms. The molecule has 1 aliphatic rings. The van der Waals surface area contributed by atoms with E-state index in [9.17, 15) is 22.8 Å². The molecule has 0 saturated heterocycles. The summed E-state index contributed by atoms with van der Waals surface area (Å²) in [5.41, 5.74) is 0. The maximum atomic E-state index is 13.3. The Morgan fingerprint density at radius 2 is 1.79 bits per heavy atom. The van der Waals surface area contributed by atoms with Gasteiger partial charge in [-0.25, -0.2) is 0 Å². The van der Waals surface area contributed by atoms with Gasteiger partial charge in [-0.2, -0.15) is 13.2 Å². The van der Waals surface area contributed by atoms with Gasteiger partial charge in [0, 0.05) is 6.04 Å². The average molecular weight is 398 g/mol. The summed E-state index contributed by atoms with van der Waals surface area (Å²) >= 11 is 0.